The maximum atomic E-state index is 11.8. The van der Waals surface area contributed by atoms with Gasteiger partial charge in [-0.05, 0) is 20.4 Å². The third-order valence-electron chi connectivity index (χ3n) is 2.52. The summed E-state index contributed by atoms with van der Waals surface area (Å²) in [4.78, 5) is 11.8. The Kier molecular flexibility index (Phi) is 5.62. The van der Waals surface area contributed by atoms with Gasteiger partial charge in [0.25, 0.3) is 0 Å². The second-order valence-corrected chi connectivity index (χ2v) is 4.04. The van der Waals surface area contributed by atoms with Crippen molar-refractivity contribution >= 4 is 5.91 Å². The third kappa shape index (κ3) is 4.14. The van der Waals surface area contributed by atoms with Crippen LogP contribution in [0.4, 0.5) is 0 Å². The van der Waals surface area contributed by atoms with Gasteiger partial charge in [0.1, 0.15) is 6.04 Å². The standard InChI is InChI=1S/C11H21N5O/c1-4-5-6-13-11(17)9(2)16-8-10(7-12-3)14-15-16/h8-9,12H,4-7H2,1-3H3,(H,13,17). The largest absolute Gasteiger partial charge is 0.354 e. The molecule has 0 aromatic carbocycles. The highest BCUT2D eigenvalue weighted by Crippen LogP contribution is 2.04. The van der Waals surface area contributed by atoms with Crippen LogP contribution in [0.5, 0.6) is 0 Å². The molecule has 1 amide bonds. The molecule has 1 aromatic heterocycles. The van der Waals surface area contributed by atoms with Crippen LogP contribution in [0.1, 0.15) is 38.4 Å². The van der Waals surface area contributed by atoms with E-state index in [0.29, 0.717) is 6.54 Å². The molecule has 0 bridgehead atoms. The van der Waals surface area contributed by atoms with Crippen LogP contribution >= 0.6 is 0 Å². The Morgan fingerprint density at radius 1 is 1.59 bits per heavy atom. The van der Waals surface area contributed by atoms with Crippen molar-refractivity contribution < 1.29 is 4.79 Å². The van der Waals surface area contributed by atoms with Gasteiger partial charge in [0.2, 0.25) is 5.91 Å². The zero-order chi connectivity index (χ0) is 12.7. The van der Waals surface area contributed by atoms with Crippen LogP contribution in [0, 0.1) is 0 Å². The molecule has 17 heavy (non-hydrogen) atoms. The van der Waals surface area contributed by atoms with Crippen LogP contribution in [-0.4, -0.2) is 34.5 Å². The number of hydrogen-bond donors (Lipinski definition) is 2. The van der Waals surface area contributed by atoms with Crippen molar-refractivity contribution in [2.45, 2.75) is 39.3 Å². The number of aromatic nitrogens is 3. The van der Waals surface area contributed by atoms with E-state index in [4.69, 9.17) is 0 Å². The highest BCUT2D eigenvalue weighted by atomic mass is 16.2. The summed E-state index contributed by atoms with van der Waals surface area (Å²) in [6.07, 6.45) is 3.87. The molecular formula is C11H21N5O. The molecule has 0 fully saturated rings. The number of carbonyl (C=O) groups excluding carboxylic acids is 1. The van der Waals surface area contributed by atoms with E-state index in [1.165, 1.54) is 0 Å². The zero-order valence-electron chi connectivity index (χ0n) is 10.7. The van der Waals surface area contributed by atoms with Gasteiger partial charge in [-0.3, -0.25) is 4.79 Å². The fourth-order valence-electron chi connectivity index (χ4n) is 1.42. The van der Waals surface area contributed by atoms with Gasteiger partial charge in [-0.25, -0.2) is 4.68 Å². The number of carbonyl (C=O) groups is 1. The minimum Gasteiger partial charge on any atom is -0.354 e. The molecule has 1 heterocycles. The van der Waals surface area contributed by atoms with Crippen LogP contribution in [0.3, 0.4) is 0 Å². The van der Waals surface area contributed by atoms with Gasteiger partial charge < -0.3 is 10.6 Å². The number of rotatable bonds is 7. The number of amides is 1. The van der Waals surface area contributed by atoms with Gasteiger partial charge in [0.15, 0.2) is 0 Å². The van der Waals surface area contributed by atoms with Crippen molar-refractivity contribution in [3.05, 3.63) is 11.9 Å². The number of nitrogens with zero attached hydrogens (tertiary/aromatic N) is 3. The Hall–Kier alpha value is -1.43. The smallest absolute Gasteiger partial charge is 0.244 e. The molecule has 0 saturated heterocycles. The molecule has 0 radical (unpaired) electrons. The van der Waals surface area contributed by atoms with E-state index in [2.05, 4.69) is 27.9 Å². The summed E-state index contributed by atoms with van der Waals surface area (Å²) >= 11 is 0. The molecule has 1 aromatic rings. The number of hydrogen-bond acceptors (Lipinski definition) is 4. The normalized spacial score (nSPS) is 12.4. The fraction of sp³-hybridized carbons (Fsp3) is 0.727. The average Bonchev–Trinajstić information content (AvgIpc) is 2.77. The average molecular weight is 239 g/mol. The van der Waals surface area contributed by atoms with Gasteiger partial charge in [-0.1, -0.05) is 18.6 Å². The summed E-state index contributed by atoms with van der Waals surface area (Å²) in [6, 6.07) is -0.315. The quantitative estimate of drug-likeness (QED) is 0.679. The molecule has 1 unspecified atom stereocenters. The first kappa shape index (κ1) is 13.6. The van der Waals surface area contributed by atoms with Gasteiger partial charge in [-0.2, -0.15) is 0 Å². The van der Waals surface area contributed by atoms with Crippen LogP contribution in [-0.2, 0) is 11.3 Å². The Balaban J connectivity index is 2.49. The molecule has 1 rings (SSSR count). The Morgan fingerprint density at radius 2 is 2.35 bits per heavy atom. The molecule has 6 nitrogen and oxygen atoms in total. The lowest BCUT2D eigenvalue weighted by atomic mass is 10.3. The topological polar surface area (TPSA) is 71.8 Å². The summed E-state index contributed by atoms with van der Waals surface area (Å²) < 4.78 is 1.59. The second kappa shape index (κ2) is 7.01. The van der Waals surface area contributed by atoms with E-state index in [9.17, 15) is 4.79 Å². The van der Waals surface area contributed by atoms with Crippen molar-refractivity contribution in [3.8, 4) is 0 Å². The summed E-state index contributed by atoms with van der Waals surface area (Å²) in [5, 5.41) is 13.8. The highest BCUT2D eigenvalue weighted by molar-refractivity contribution is 5.79. The van der Waals surface area contributed by atoms with Crippen molar-refractivity contribution in [2.24, 2.45) is 0 Å². The van der Waals surface area contributed by atoms with Crippen LogP contribution in [0.25, 0.3) is 0 Å². The SMILES string of the molecule is CCCCNC(=O)C(C)n1cc(CNC)nn1. The van der Waals surface area contributed by atoms with Crippen LogP contribution < -0.4 is 10.6 Å². The monoisotopic (exact) mass is 239 g/mol. The Bertz CT molecular complexity index is 349. The summed E-state index contributed by atoms with van der Waals surface area (Å²) in [5.41, 5.74) is 0.834. The van der Waals surface area contributed by atoms with Gasteiger partial charge >= 0.3 is 0 Å². The maximum absolute atomic E-state index is 11.8. The first-order chi connectivity index (χ1) is 8.19. The molecule has 6 heteroatoms. The van der Waals surface area contributed by atoms with Crippen molar-refractivity contribution in [1.29, 1.82) is 0 Å². The van der Waals surface area contributed by atoms with Gasteiger partial charge in [0.05, 0.1) is 11.9 Å². The van der Waals surface area contributed by atoms with Crippen molar-refractivity contribution in [2.75, 3.05) is 13.6 Å². The summed E-state index contributed by atoms with van der Waals surface area (Å²) in [6.45, 7) is 5.29. The molecule has 0 aliphatic heterocycles. The second-order valence-electron chi connectivity index (χ2n) is 4.04. The van der Waals surface area contributed by atoms with Crippen molar-refractivity contribution in [3.63, 3.8) is 0 Å². The van der Waals surface area contributed by atoms with Crippen molar-refractivity contribution in [1.82, 2.24) is 25.6 Å². The van der Waals surface area contributed by atoms with E-state index >= 15 is 0 Å². The number of nitrogens with one attached hydrogen (secondary N) is 2. The minimum absolute atomic E-state index is 0.0145. The van der Waals surface area contributed by atoms with E-state index in [1.807, 2.05) is 14.0 Å². The van der Waals surface area contributed by atoms with E-state index in [1.54, 1.807) is 10.9 Å². The lowest BCUT2D eigenvalue weighted by molar-refractivity contribution is -0.124. The van der Waals surface area contributed by atoms with E-state index < -0.39 is 0 Å². The minimum atomic E-state index is -0.315. The first-order valence-corrected chi connectivity index (χ1v) is 6.02. The predicted octanol–water partition coefficient (Wildman–Crippen LogP) is 0.475. The molecule has 0 aliphatic carbocycles. The highest BCUT2D eigenvalue weighted by Gasteiger charge is 2.15. The summed E-state index contributed by atoms with van der Waals surface area (Å²) in [5.74, 6) is -0.0145. The Morgan fingerprint density at radius 3 is 3.00 bits per heavy atom. The summed E-state index contributed by atoms with van der Waals surface area (Å²) in [7, 11) is 1.85. The van der Waals surface area contributed by atoms with Gasteiger partial charge in [0, 0.05) is 13.1 Å². The molecule has 96 valence electrons. The molecule has 0 spiro atoms. The van der Waals surface area contributed by atoms with E-state index in [-0.39, 0.29) is 11.9 Å². The lowest BCUT2D eigenvalue weighted by Crippen LogP contribution is -2.31. The predicted molar refractivity (Wildman–Crippen MR) is 65.4 cm³/mol. The van der Waals surface area contributed by atoms with Crippen LogP contribution in [0.2, 0.25) is 0 Å². The maximum Gasteiger partial charge on any atom is 0.244 e. The van der Waals surface area contributed by atoms with Gasteiger partial charge in [-0.15, -0.1) is 5.10 Å². The fourth-order valence-corrected chi connectivity index (χ4v) is 1.42. The van der Waals surface area contributed by atoms with Crippen LogP contribution in [0.15, 0.2) is 6.20 Å². The third-order valence-corrected chi connectivity index (χ3v) is 2.52. The zero-order valence-corrected chi connectivity index (χ0v) is 10.7. The first-order valence-electron chi connectivity index (χ1n) is 6.02. The lowest BCUT2D eigenvalue weighted by Gasteiger charge is -2.11. The van der Waals surface area contributed by atoms with E-state index in [0.717, 1.165) is 25.1 Å². The number of unbranched alkanes of at least 4 members (excludes halogenated alkanes) is 1. The molecule has 0 aliphatic rings. The molecule has 2 N–H and O–H groups in total. The molecular weight excluding hydrogens is 218 g/mol. The molecule has 1 atom stereocenters. The molecule has 0 saturated carbocycles. The Labute approximate surface area is 102 Å².